The normalized spacial score (nSPS) is 11.5. The molecule has 2 nitrogen and oxygen atoms in total. The van der Waals surface area contributed by atoms with Gasteiger partial charge in [-0.2, -0.15) is 0 Å². The minimum atomic E-state index is 0.214. The first-order valence-corrected chi connectivity index (χ1v) is 8.07. The SMILES string of the molecule is Cc1cc(SC(C)(C)C)cnc1N(C)Cc1ccccc1. The lowest BCUT2D eigenvalue weighted by molar-refractivity contribution is 0.801. The van der Waals surface area contributed by atoms with Crippen LogP contribution in [0.15, 0.2) is 47.5 Å². The molecule has 0 amide bonds. The number of hydrogen-bond donors (Lipinski definition) is 0. The van der Waals surface area contributed by atoms with Crippen molar-refractivity contribution in [1.29, 1.82) is 0 Å². The zero-order valence-corrected chi connectivity index (χ0v) is 14.4. The molecule has 1 heterocycles. The monoisotopic (exact) mass is 300 g/mol. The summed E-state index contributed by atoms with van der Waals surface area (Å²) in [6.07, 6.45) is 1.99. The van der Waals surface area contributed by atoms with E-state index in [1.54, 1.807) is 0 Å². The molecular weight excluding hydrogens is 276 g/mol. The molecule has 2 rings (SSSR count). The highest BCUT2D eigenvalue weighted by molar-refractivity contribution is 8.00. The molecule has 0 saturated carbocycles. The van der Waals surface area contributed by atoms with Gasteiger partial charge in [-0.3, -0.25) is 0 Å². The highest BCUT2D eigenvalue weighted by Crippen LogP contribution is 2.33. The van der Waals surface area contributed by atoms with Gasteiger partial charge in [0.1, 0.15) is 5.82 Å². The van der Waals surface area contributed by atoms with E-state index < -0.39 is 0 Å². The van der Waals surface area contributed by atoms with E-state index in [-0.39, 0.29) is 4.75 Å². The van der Waals surface area contributed by atoms with Gasteiger partial charge in [-0.25, -0.2) is 4.98 Å². The molecule has 0 unspecified atom stereocenters. The van der Waals surface area contributed by atoms with E-state index in [4.69, 9.17) is 0 Å². The van der Waals surface area contributed by atoms with Crippen molar-refractivity contribution in [2.45, 2.75) is 43.9 Å². The molecule has 0 aliphatic rings. The predicted octanol–water partition coefficient (Wildman–Crippen LogP) is 4.92. The molecule has 0 spiro atoms. The lowest BCUT2D eigenvalue weighted by Crippen LogP contribution is -2.18. The molecule has 0 aliphatic heterocycles. The van der Waals surface area contributed by atoms with Gasteiger partial charge in [-0.1, -0.05) is 51.1 Å². The van der Waals surface area contributed by atoms with Gasteiger partial charge in [0.25, 0.3) is 0 Å². The first-order valence-electron chi connectivity index (χ1n) is 7.26. The number of nitrogens with zero attached hydrogens (tertiary/aromatic N) is 2. The summed E-state index contributed by atoms with van der Waals surface area (Å²) in [5, 5.41) is 0. The lowest BCUT2D eigenvalue weighted by Gasteiger charge is -2.22. The highest BCUT2D eigenvalue weighted by Gasteiger charge is 2.14. The summed E-state index contributed by atoms with van der Waals surface area (Å²) in [5.41, 5.74) is 2.53. The maximum absolute atomic E-state index is 4.66. The van der Waals surface area contributed by atoms with Gasteiger partial charge in [0.15, 0.2) is 0 Å². The third-order valence-corrected chi connectivity index (χ3v) is 4.15. The lowest BCUT2D eigenvalue weighted by atomic mass is 10.2. The first kappa shape index (κ1) is 15.9. The fourth-order valence-corrected chi connectivity index (χ4v) is 3.33. The summed E-state index contributed by atoms with van der Waals surface area (Å²) in [4.78, 5) is 8.10. The predicted molar refractivity (Wildman–Crippen MR) is 93.1 cm³/mol. The van der Waals surface area contributed by atoms with Crippen LogP contribution >= 0.6 is 11.8 Å². The molecule has 112 valence electrons. The summed E-state index contributed by atoms with van der Waals surface area (Å²) in [6.45, 7) is 9.68. The van der Waals surface area contributed by atoms with Crippen LogP contribution < -0.4 is 4.90 Å². The van der Waals surface area contributed by atoms with Gasteiger partial charge in [0.05, 0.1) is 0 Å². The molecular formula is C18H24N2S. The fourth-order valence-electron chi connectivity index (χ4n) is 2.28. The molecule has 0 fully saturated rings. The molecule has 2 aromatic rings. The van der Waals surface area contributed by atoms with Crippen molar-refractivity contribution >= 4 is 17.6 Å². The third kappa shape index (κ3) is 4.78. The van der Waals surface area contributed by atoms with Crippen LogP contribution in [-0.4, -0.2) is 16.8 Å². The van der Waals surface area contributed by atoms with E-state index in [0.29, 0.717) is 0 Å². The minimum absolute atomic E-state index is 0.214. The maximum atomic E-state index is 4.66. The number of thioether (sulfide) groups is 1. The summed E-state index contributed by atoms with van der Waals surface area (Å²) in [5.74, 6) is 1.05. The Bertz CT molecular complexity index is 588. The average Bonchev–Trinajstić information content (AvgIpc) is 2.37. The quantitative estimate of drug-likeness (QED) is 0.746. The van der Waals surface area contributed by atoms with Crippen LogP contribution in [0, 0.1) is 6.92 Å². The van der Waals surface area contributed by atoms with Crippen LogP contribution in [0.5, 0.6) is 0 Å². The second-order valence-electron chi connectivity index (χ2n) is 6.37. The molecule has 0 N–H and O–H groups in total. The van der Waals surface area contributed by atoms with Crippen LogP contribution in [0.25, 0.3) is 0 Å². The van der Waals surface area contributed by atoms with E-state index in [9.17, 15) is 0 Å². The van der Waals surface area contributed by atoms with Gasteiger partial charge in [0.2, 0.25) is 0 Å². The standard InChI is InChI=1S/C18H24N2S/c1-14-11-16(21-18(2,3)4)12-19-17(14)20(5)13-15-9-7-6-8-10-15/h6-12H,13H2,1-5H3. The van der Waals surface area contributed by atoms with Gasteiger partial charge in [-0.15, -0.1) is 11.8 Å². The summed E-state index contributed by atoms with van der Waals surface area (Å²) in [6, 6.07) is 12.7. The molecule has 0 radical (unpaired) electrons. The van der Waals surface area contributed by atoms with Crippen molar-refractivity contribution in [2.24, 2.45) is 0 Å². The number of aromatic nitrogens is 1. The zero-order valence-electron chi connectivity index (χ0n) is 13.6. The Morgan fingerprint density at radius 3 is 2.38 bits per heavy atom. The topological polar surface area (TPSA) is 16.1 Å². The van der Waals surface area contributed by atoms with Crippen molar-refractivity contribution in [2.75, 3.05) is 11.9 Å². The van der Waals surface area contributed by atoms with E-state index >= 15 is 0 Å². The van der Waals surface area contributed by atoms with Crippen molar-refractivity contribution in [3.63, 3.8) is 0 Å². The Morgan fingerprint density at radius 1 is 1.14 bits per heavy atom. The molecule has 0 atom stereocenters. The smallest absolute Gasteiger partial charge is 0.131 e. The van der Waals surface area contributed by atoms with Crippen LogP contribution in [0.1, 0.15) is 31.9 Å². The second-order valence-corrected chi connectivity index (χ2v) is 8.27. The van der Waals surface area contributed by atoms with Crippen LogP contribution in [0.2, 0.25) is 0 Å². The molecule has 0 saturated heterocycles. The number of pyridine rings is 1. The first-order chi connectivity index (χ1) is 9.85. The molecule has 21 heavy (non-hydrogen) atoms. The van der Waals surface area contributed by atoms with E-state index in [1.807, 2.05) is 24.0 Å². The van der Waals surface area contributed by atoms with Crippen LogP contribution in [0.4, 0.5) is 5.82 Å². The van der Waals surface area contributed by atoms with Crippen molar-refractivity contribution in [3.05, 3.63) is 53.7 Å². The number of hydrogen-bond acceptors (Lipinski definition) is 3. The molecule has 0 aliphatic carbocycles. The fraction of sp³-hybridized carbons (Fsp3) is 0.389. The molecule has 3 heteroatoms. The zero-order chi connectivity index (χ0) is 15.5. The Morgan fingerprint density at radius 2 is 1.81 bits per heavy atom. The largest absolute Gasteiger partial charge is 0.355 e. The van der Waals surface area contributed by atoms with Crippen molar-refractivity contribution in [1.82, 2.24) is 4.98 Å². The number of anilines is 1. The van der Waals surface area contributed by atoms with Crippen LogP contribution in [0.3, 0.4) is 0 Å². The third-order valence-electron chi connectivity index (χ3n) is 3.07. The van der Waals surface area contributed by atoms with E-state index in [0.717, 1.165) is 12.4 Å². The number of aryl methyl sites for hydroxylation is 1. The summed E-state index contributed by atoms with van der Waals surface area (Å²) >= 11 is 1.86. The van der Waals surface area contributed by atoms with Gasteiger partial charge < -0.3 is 4.90 Å². The van der Waals surface area contributed by atoms with Crippen molar-refractivity contribution < 1.29 is 0 Å². The molecule has 1 aromatic heterocycles. The Labute approximate surface area is 132 Å². The van der Waals surface area contributed by atoms with E-state index in [1.165, 1.54) is 16.0 Å². The van der Waals surface area contributed by atoms with Crippen LogP contribution in [-0.2, 0) is 6.54 Å². The highest BCUT2D eigenvalue weighted by atomic mass is 32.2. The average molecular weight is 300 g/mol. The maximum Gasteiger partial charge on any atom is 0.131 e. The summed E-state index contributed by atoms with van der Waals surface area (Å²) in [7, 11) is 2.10. The molecule has 0 bridgehead atoms. The second kappa shape index (κ2) is 6.52. The molecule has 1 aromatic carbocycles. The minimum Gasteiger partial charge on any atom is -0.355 e. The van der Waals surface area contributed by atoms with E-state index in [2.05, 4.69) is 75.0 Å². The van der Waals surface area contributed by atoms with Gasteiger partial charge in [-0.05, 0) is 24.1 Å². The Balaban J connectivity index is 2.13. The number of rotatable bonds is 4. The Hall–Kier alpha value is -1.48. The number of benzene rings is 1. The van der Waals surface area contributed by atoms with Gasteiger partial charge in [0, 0.05) is 29.4 Å². The summed E-state index contributed by atoms with van der Waals surface area (Å²) < 4.78 is 0.214. The Kier molecular flexibility index (Phi) is 4.94. The van der Waals surface area contributed by atoms with Gasteiger partial charge >= 0.3 is 0 Å². The van der Waals surface area contributed by atoms with Crippen molar-refractivity contribution in [3.8, 4) is 0 Å².